The van der Waals surface area contributed by atoms with Crippen LogP contribution in [0.5, 0.6) is 5.75 Å². The minimum atomic E-state index is -0.394. The number of rotatable bonds is 3. The van der Waals surface area contributed by atoms with E-state index >= 15 is 0 Å². The zero-order valence-electron chi connectivity index (χ0n) is 10.8. The summed E-state index contributed by atoms with van der Waals surface area (Å²) in [6, 6.07) is 10.2. The quantitative estimate of drug-likeness (QED) is 0.915. The molecule has 0 radical (unpaired) electrons. The Morgan fingerprint density at radius 3 is 2.58 bits per heavy atom. The van der Waals surface area contributed by atoms with Gasteiger partial charge in [0.15, 0.2) is 11.6 Å². The van der Waals surface area contributed by atoms with E-state index in [1.54, 1.807) is 24.3 Å². The van der Waals surface area contributed by atoms with Crippen molar-refractivity contribution >= 4 is 11.6 Å². The smallest absolute Gasteiger partial charge is 0.172 e. The van der Waals surface area contributed by atoms with E-state index in [0.717, 1.165) is 5.56 Å². The lowest BCUT2D eigenvalue weighted by Gasteiger charge is -2.12. The molecule has 0 spiro atoms. The van der Waals surface area contributed by atoms with Gasteiger partial charge in [0.1, 0.15) is 0 Å². The van der Waals surface area contributed by atoms with Crippen LogP contribution < -0.4 is 10.5 Å². The second-order valence-corrected chi connectivity index (χ2v) is 4.75. The molecule has 2 nitrogen and oxygen atoms in total. The van der Waals surface area contributed by atoms with Crippen molar-refractivity contribution in [3.63, 3.8) is 0 Å². The van der Waals surface area contributed by atoms with Crippen LogP contribution in [0.15, 0.2) is 36.4 Å². The first-order chi connectivity index (χ1) is 9.04. The Hall–Kier alpha value is -1.58. The molecule has 0 heterocycles. The topological polar surface area (TPSA) is 35.2 Å². The van der Waals surface area contributed by atoms with Crippen LogP contribution in [0.2, 0.25) is 5.02 Å². The predicted octanol–water partition coefficient (Wildman–Crippen LogP) is 4.17. The summed E-state index contributed by atoms with van der Waals surface area (Å²) in [5.41, 5.74) is 7.80. The molecule has 4 heteroatoms. The van der Waals surface area contributed by atoms with E-state index in [9.17, 15) is 4.39 Å². The zero-order valence-corrected chi connectivity index (χ0v) is 11.5. The maximum atomic E-state index is 14.2. The van der Waals surface area contributed by atoms with Crippen molar-refractivity contribution in [3.05, 3.63) is 52.8 Å². The molecule has 100 valence electrons. The maximum Gasteiger partial charge on any atom is 0.172 e. The van der Waals surface area contributed by atoms with E-state index in [-0.39, 0.29) is 11.8 Å². The van der Waals surface area contributed by atoms with Gasteiger partial charge >= 0.3 is 0 Å². The number of halogens is 2. The van der Waals surface area contributed by atoms with E-state index in [1.807, 2.05) is 19.1 Å². The molecule has 0 fully saturated rings. The minimum Gasteiger partial charge on any atom is -0.494 e. The van der Waals surface area contributed by atoms with E-state index in [2.05, 4.69) is 0 Å². The summed E-state index contributed by atoms with van der Waals surface area (Å²) in [7, 11) is 1.44. The third-order valence-electron chi connectivity index (χ3n) is 2.99. The van der Waals surface area contributed by atoms with Gasteiger partial charge in [-0.05, 0) is 30.2 Å². The summed E-state index contributed by atoms with van der Waals surface area (Å²) < 4.78 is 19.1. The Balaban J connectivity index is 2.51. The lowest BCUT2D eigenvalue weighted by atomic mass is 10.0. The Bertz CT molecular complexity index is 599. The molecule has 0 bridgehead atoms. The molecule has 0 saturated heterocycles. The SMILES string of the molecule is COc1cccc(-c2ccc(C(C)N)c(Cl)c2)c1F. The fourth-order valence-electron chi connectivity index (χ4n) is 1.96. The van der Waals surface area contributed by atoms with Gasteiger partial charge in [-0.1, -0.05) is 35.9 Å². The van der Waals surface area contributed by atoms with Crippen LogP contribution in [0.1, 0.15) is 18.5 Å². The van der Waals surface area contributed by atoms with Gasteiger partial charge in [0.2, 0.25) is 0 Å². The fraction of sp³-hybridized carbons (Fsp3) is 0.200. The number of methoxy groups -OCH3 is 1. The molecule has 0 amide bonds. The minimum absolute atomic E-state index is 0.156. The van der Waals surface area contributed by atoms with Gasteiger partial charge in [0.25, 0.3) is 0 Å². The first kappa shape index (κ1) is 13.8. The van der Waals surface area contributed by atoms with Gasteiger partial charge in [-0.25, -0.2) is 4.39 Å². The van der Waals surface area contributed by atoms with Gasteiger partial charge in [0.05, 0.1) is 7.11 Å². The van der Waals surface area contributed by atoms with Crippen molar-refractivity contribution in [2.75, 3.05) is 7.11 Å². The number of nitrogens with two attached hydrogens (primary N) is 1. The summed E-state index contributed by atoms with van der Waals surface area (Å²) in [4.78, 5) is 0. The second-order valence-electron chi connectivity index (χ2n) is 4.35. The van der Waals surface area contributed by atoms with Gasteiger partial charge in [-0.2, -0.15) is 0 Å². The molecular formula is C15H15ClFNO. The lowest BCUT2D eigenvalue weighted by Crippen LogP contribution is -2.05. The third-order valence-corrected chi connectivity index (χ3v) is 3.31. The van der Waals surface area contributed by atoms with E-state index < -0.39 is 5.82 Å². The Labute approximate surface area is 117 Å². The Morgan fingerprint density at radius 1 is 1.26 bits per heavy atom. The number of hydrogen-bond donors (Lipinski definition) is 1. The molecule has 1 atom stereocenters. The molecule has 0 aliphatic heterocycles. The molecule has 0 aromatic heterocycles. The van der Waals surface area contributed by atoms with Crippen molar-refractivity contribution in [2.24, 2.45) is 5.73 Å². The number of ether oxygens (including phenoxy) is 1. The molecule has 19 heavy (non-hydrogen) atoms. The highest BCUT2D eigenvalue weighted by Gasteiger charge is 2.12. The molecule has 1 unspecified atom stereocenters. The van der Waals surface area contributed by atoms with Crippen LogP contribution in [-0.4, -0.2) is 7.11 Å². The highest BCUT2D eigenvalue weighted by Crippen LogP contribution is 2.32. The zero-order chi connectivity index (χ0) is 14.0. The van der Waals surface area contributed by atoms with Gasteiger partial charge < -0.3 is 10.5 Å². The average molecular weight is 280 g/mol. The molecule has 2 N–H and O–H groups in total. The summed E-state index contributed by atoms with van der Waals surface area (Å²) in [6.07, 6.45) is 0. The maximum absolute atomic E-state index is 14.2. The predicted molar refractivity (Wildman–Crippen MR) is 76.0 cm³/mol. The van der Waals surface area contributed by atoms with Gasteiger partial charge in [-0.3, -0.25) is 0 Å². The van der Waals surface area contributed by atoms with E-state index in [4.69, 9.17) is 22.1 Å². The van der Waals surface area contributed by atoms with Crippen molar-refractivity contribution < 1.29 is 9.13 Å². The first-order valence-electron chi connectivity index (χ1n) is 5.92. The van der Waals surface area contributed by atoms with Gasteiger partial charge in [-0.15, -0.1) is 0 Å². The highest BCUT2D eigenvalue weighted by atomic mass is 35.5. The fourth-order valence-corrected chi connectivity index (χ4v) is 2.31. The largest absolute Gasteiger partial charge is 0.494 e. The third kappa shape index (κ3) is 2.72. The average Bonchev–Trinajstić information content (AvgIpc) is 2.38. The summed E-state index contributed by atoms with van der Waals surface area (Å²) >= 11 is 6.17. The molecule has 0 aliphatic carbocycles. The Morgan fingerprint density at radius 2 is 2.00 bits per heavy atom. The van der Waals surface area contributed by atoms with Crippen LogP contribution in [0, 0.1) is 5.82 Å². The second kappa shape index (κ2) is 5.59. The Kier molecular flexibility index (Phi) is 4.08. The lowest BCUT2D eigenvalue weighted by molar-refractivity contribution is 0.387. The highest BCUT2D eigenvalue weighted by molar-refractivity contribution is 6.31. The van der Waals surface area contributed by atoms with Gasteiger partial charge in [0, 0.05) is 16.6 Å². The van der Waals surface area contributed by atoms with Crippen LogP contribution >= 0.6 is 11.6 Å². The van der Waals surface area contributed by atoms with Crippen molar-refractivity contribution in [1.82, 2.24) is 0 Å². The van der Waals surface area contributed by atoms with Crippen LogP contribution in [-0.2, 0) is 0 Å². The van der Waals surface area contributed by atoms with Crippen LogP contribution in [0.4, 0.5) is 4.39 Å². The number of hydrogen-bond acceptors (Lipinski definition) is 2. The van der Waals surface area contributed by atoms with Crippen LogP contribution in [0.25, 0.3) is 11.1 Å². The molecule has 2 aromatic rings. The summed E-state index contributed by atoms with van der Waals surface area (Å²) in [6.45, 7) is 1.85. The number of benzene rings is 2. The molecule has 0 saturated carbocycles. The van der Waals surface area contributed by atoms with Crippen LogP contribution in [0.3, 0.4) is 0 Å². The monoisotopic (exact) mass is 279 g/mol. The van der Waals surface area contributed by atoms with E-state index in [1.165, 1.54) is 7.11 Å². The van der Waals surface area contributed by atoms with Crippen molar-refractivity contribution in [1.29, 1.82) is 0 Å². The molecule has 2 rings (SSSR count). The summed E-state index contributed by atoms with van der Waals surface area (Å²) in [5, 5.41) is 0.537. The molecular weight excluding hydrogens is 265 g/mol. The molecule has 2 aromatic carbocycles. The van der Waals surface area contributed by atoms with E-state index in [0.29, 0.717) is 16.1 Å². The normalized spacial score (nSPS) is 12.3. The molecule has 0 aliphatic rings. The summed E-state index contributed by atoms with van der Waals surface area (Å²) in [5.74, 6) is -0.181. The standard InChI is InChI=1S/C15H15ClFNO/c1-9(18)11-7-6-10(8-13(11)16)12-4-3-5-14(19-2)15(12)17/h3-9H,18H2,1-2H3. The van der Waals surface area contributed by atoms with Crippen molar-refractivity contribution in [2.45, 2.75) is 13.0 Å². The van der Waals surface area contributed by atoms with Crippen molar-refractivity contribution in [3.8, 4) is 16.9 Å². The first-order valence-corrected chi connectivity index (χ1v) is 6.30.